The quantitative estimate of drug-likeness (QED) is 0.765. The molecule has 2 N–H and O–H groups in total. The number of sulfone groups is 1. The number of amides is 2. The number of piperidine rings is 1. The molecular weight excluding hydrogens is 388 g/mol. The molecule has 2 amide bonds. The number of fused-ring (bicyclic) bond motifs is 1. The second-order valence-electron chi connectivity index (χ2n) is 8.92. The molecule has 0 aromatic heterocycles. The number of carbonyl (C=O) groups is 2. The Bertz CT molecular complexity index is 863. The van der Waals surface area contributed by atoms with E-state index >= 15 is 0 Å². The van der Waals surface area contributed by atoms with Gasteiger partial charge in [-0.2, -0.15) is 0 Å². The van der Waals surface area contributed by atoms with Crippen molar-refractivity contribution in [1.29, 1.82) is 0 Å². The van der Waals surface area contributed by atoms with Crippen LogP contribution in [0.5, 0.6) is 0 Å². The van der Waals surface area contributed by atoms with Gasteiger partial charge in [-0.25, -0.2) is 8.42 Å². The SMILES string of the molecule is CC1C(=O)NC2CC(NC(=O)Cc3ccc(S(=O)(=O)C(C)C)cc3)CCC2C1C. The Morgan fingerprint density at radius 3 is 2.45 bits per heavy atom. The molecule has 29 heavy (non-hydrogen) atoms. The number of hydrogen-bond donors (Lipinski definition) is 2. The van der Waals surface area contributed by atoms with Crippen LogP contribution in [0.1, 0.15) is 52.5 Å². The van der Waals surface area contributed by atoms with Crippen LogP contribution < -0.4 is 10.6 Å². The van der Waals surface area contributed by atoms with Crippen LogP contribution in [0, 0.1) is 17.8 Å². The number of carbonyl (C=O) groups excluding carboxylic acids is 2. The van der Waals surface area contributed by atoms with Crippen molar-refractivity contribution in [1.82, 2.24) is 10.6 Å². The normalized spacial score (nSPS) is 29.8. The van der Waals surface area contributed by atoms with Gasteiger partial charge in [-0.1, -0.05) is 26.0 Å². The smallest absolute Gasteiger partial charge is 0.224 e. The van der Waals surface area contributed by atoms with Gasteiger partial charge in [-0.3, -0.25) is 9.59 Å². The van der Waals surface area contributed by atoms with E-state index in [1.807, 2.05) is 6.92 Å². The lowest BCUT2D eigenvalue weighted by Crippen LogP contribution is -2.57. The third-order valence-electron chi connectivity index (χ3n) is 6.71. The summed E-state index contributed by atoms with van der Waals surface area (Å²) in [6, 6.07) is 6.75. The highest BCUT2D eigenvalue weighted by Gasteiger charge is 2.42. The van der Waals surface area contributed by atoms with Gasteiger partial charge >= 0.3 is 0 Å². The summed E-state index contributed by atoms with van der Waals surface area (Å²) < 4.78 is 24.4. The van der Waals surface area contributed by atoms with E-state index in [9.17, 15) is 18.0 Å². The molecule has 2 aliphatic rings. The van der Waals surface area contributed by atoms with E-state index in [2.05, 4.69) is 17.6 Å². The molecule has 1 aliphatic carbocycles. The van der Waals surface area contributed by atoms with Crippen molar-refractivity contribution in [2.24, 2.45) is 17.8 Å². The van der Waals surface area contributed by atoms with Crippen LogP contribution in [0.15, 0.2) is 29.2 Å². The summed E-state index contributed by atoms with van der Waals surface area (Å²) in [7, 11) is -3.30. The van der Waals surface area contributed by atoms with Gasteiger partial charge in [0, 0.05) is 18.0 Å². The number of nitrogens with one attached hydrogen (secondary N) is 2. The van der Waals surface area contributed by atoms with Crippen molar-refractivity contribution in [2.75, 3.05) is 0 Å². The van der Waals surface area contributed by atoms with Gasteiger partial charge in [-0.05, 0) is 62.6 Å². The first-order valence-corrected chi connectivity index (χ1v) is 12.1. The molecule has 1 aromatic carbocycles. The standard InChI is InChI=1S/C22H32N2O4S/c1-13(2)29(27,28)18-8-5-16(6-9-18)11-21(25)23-17-7-10-19-14(3)15(4)22(26)24-20(19)12-17/h5-6,8-9,13-15,17,19-20H,7,10-12H2,1-4H3,(H,23,25)(H,24,26). The molecule has 6 nitrogen and oxygen atoms in total. The lowest BCUT2D eigenvalue weighted by atomic mass is 9.68. The van der Waals surface area contributed by atoms with Gasteiger partial charge in [0.15, 0.2) is 9.84 Å². The fourth-order valence-electron chi connectivity index (χ4n) is 4.58. The van der Waals surface area contributed by atoms with E-state index in [-0.39, 0.29) is 41.1 Å². The fourth-order valence-corrected chi connectivity index (χ4v) is 5.64. The molecule has 1 saturated heterocycles. The Kier molecular flexibility index (Phi) is 6.36. The average molecular weight is 421 g/mol. The Morgan fingerprint density at radius 1 is 1.17 bits per heavy atom. The van der Waals surface area contributed by atoms with Crippen molar-refractivity contribution in [2.45, 2.75) is 75.6 Å². The minimum Gasteiger partial charge on any atom is -0.353 e. The van der Waals surface area contributed by atoms with E-state index in [0.29, 0.717) is 11.8 Å². The predicted molar refractivity (Wildman–Crippen MR) is 112 cm³/mol. The van der Waals surface area contributed by atoms with E-state index in [1.165, 1.54) is 0 Å². The lowest BCUT2D eigenvalue weighted by Gasteiger charge is -2.45. The first-order chi connectivity index (χ1) is 13.6. The minimum absolute atomic E-state index is 0.0462. The second kappa shape index (κ2) is 8.46. The first-order valence-electron chi connectivity index (χ1n) is 10.5. The Morgan fingerprint density at radius 2 is 1.83 bits per heavy atom. The van der Waals surface area contributed by atoms with Gasteiger partial charge in [-0.15, -0.1) is 0 Å². The highest BCUT2D eigenvalue weighted by molar-refractivity contribution is 7.92. The number of benzene rings is 1. The third-order valence-corrected chi connectivity index (χ3v) is 8.88. The molecular formula is C22H32N2O4S. The second-order valence-corrected chi connectivity index (χ2v) is 11.4. The molecule has 5 atom stereocenters. The van der Waals surface area contributed by atoms with Crippen LogP contribution in [0.4, 0.5) is 0 Å². The minimum atomic E-state index is -3.30. The molecule has 160 valence electrons. The fraction of sp³-hybridized carbons (Fsp3) is 0.636. The Balaban J connectivity index is 1.56. The molecule has 5 unspecified atom stereocenters. The molecule has 1 aliphatic heterocycles. The van der Waals surface area contributed by atoms with Crippen LogP contribution in [0.25, 0.3) is 0 Å². The van der Waals surface area contributed by atoms with Crippen molar-refractivity contribution >= 4 is 21.7 Å². The molecule has 0 radical (unpaired) electrons. The Labute approximate surface area is 173 Å². The molecule has 3 rings (SSSR count). The maximum atomic E-state index is 12.5. The monoisotopic (exact) mass is 420 g/mol. The van der Waals surface area contributed by atoms with Crippen LogP contribution in [0.3, 0.4) is 0 Å². The topological polar surface area (TPSA) is 92.3 Å². The third kappa shape index (κ3) is 4.65. The average Bonchev–Trinajstić information content (AvgIpc) is 2.66. The van der Waals surface area contributed by atoms with Crippen LogP contribution >= 0.6 is 0 Å². The highest BCUT2D eigenvalue weighted by Crippen LogP contribution is 2.37. The predicted octanol–water partition coefficient (Wildman–Crippen LogP) is 2.47. The summed E-state index contributed by atoms with van der Waals surface area (Å²) in [5.41, 5.74) is 0.785. The molecule has 2 fully saturated rings. The Hall–Kier alpha value is -1.89. The highest BCUT2D eigenvalue weighted by atomic mass is 32.2. The number of hydrogen-bond acceptors (Lipinski definition) is 4. The van der Waals surface area contributed by atoms with Crippen molar-refractivity contribution in [3.63, 3.8) is 0 Å². The zero-order valence-electron chi connectivity index (χ0n) is 17.6. The molecule has 1 heterocycles. The van der Waals surface area contributed by atoms with Gasteiger partial charge in [0.05, 0.1) is 16.6 Å². The van der Waals surface area contributed by atoms with E-state index in [4.69, 9.17) is 0 Å². The van der Waals surface area contributed by atoms with Crippen molar-refractivity contribution < 1.29 is 18.0 Å². The summed E-state index contributed by atoms with van der Waals surface area (Å²) in [6.07, 6.45) is 2.91. The maximum absolute atomic E-state index is 12.5. The summed E-state index contributed by atoms with van der Waals surface area (Å²) in [5, 5.41) is 5.76. The van der Waals surface area contributed by atoms with Crippen LogP contribution in [0.2, 0.25) is 0 Å². The van der Waals surface area contributed by atoms with E-state index < -0.39 is 15.1 Å². The first kappa shape index (κ1) is 21.8. The van der Waals surface area contributed by atoms with Gasteiger partial charge in [0.25, 0.3) is 0 Å². The summed E-state index contributed by atoms with van der Waals surface area (Å²) in [5.74, 6) is 0.931. The van der Waals surface area contributed by atoms with Gasteiger partial charge < -0.3 is 10.6 Å². The molecule has 0 bridgehead atoms. The molecule has 0 spiro atoms. The van der Waals surface area contributed by atoms with E-state index in [1.54, 1.807) is 38.1 Å². The largest absolute Gasteiger partial charge is 0.353 e. The summed E-state index contributed by atoms with van der Waals surface area (Å²) in [4.78, 5) is 24.9. The maximum Gasteiger partial charge on any atom is 0.224 e. The summed E-state index contributed by atoms with van der Waals surface area (Å²) >= 11 is 0. The van der Waals surface area contributed by atoms with Crippen molar-refractivity contribution in [3.05, 3.63) is 29.8 Å². The van der Waals surface area contributed by atoms with E-state index in [0.717, 1.165) is 24.8 Å². The molecule has 7 heteroatoms. The van der Waals surface area contributed by atoms with Crippen LogP contribution in [-0.2, 0) is 25.8 Å². The van der Waals surface area contributed by atoms with Gasteiger partial charge in [0.2, 0.25) is 11.8 Å². The zero-order valence-corrected chi connectivity index (χ0v) is 18.5. The lowest BCUT2D eigenvalue weighted by molar-refractivity contribution is -0.132. The van der Waals surface area contributed by atoms with Gasteiger partial charge in [0.1, 0.15) is 0 Å². The van der Waals surface area contributed by atoms with Crippen molar-refractivity contribution in [3.8, 4) is 0 Å². The summed E-state index contributed by atoms with van der Waals surface area (Å²) in [6.45, 7) is 7.45. The molecule has 1 aromatic rings. The molecule has 1 saturated carbocycles. The van der Waals surface area contributed by atoms with Crippen LogP contribution in [-0.4, -0.2) is 37.6 Å². The zero-order chi connectivity index (χ0) is 21.3. The number of rotatable bonds is 5.